The molecule has 0 aliphatic carbocycles. The third kappa shape index (κ3) is 5.57. The average molecular weight is 365 g/mol. The summed E-state index contributed by atoms with van der Waals surface area (Å²) in [6.45, 7) is 11.4. The summed E-state index contributed by atoms with van der Waals surface area (Å²) in [5, 5.41) is 20.1. The van der Waals surface area contributed by atoms with Gasteiger partial charge in [0.05, 0.1) is 23.8 Å². The van der Waals surface area contributed by atoms with E-state index in [0.29, 0.717) is 30.7 Å². The van der Waals surface area contributed by atoms with E-state index in [1.54, 1.807) is 24.3 Å². The predicted molar refractivity (Wildman–Crippen MR) is 102 cm³/mol. The second-order valence-corrected chi connectivity index (χ2v) is 7.45. The van der Waals surface area contributed by atoms with Crippen LogP contribution in [0.3, 0.4) is 0 Å². The molecule has 2 aromatic heterocycles. The quantitative estimate of drug-likeness (QED) is 0.519. The standard InChI is InChI=1S/C18H28N4O2S/c1-6-19-17(20-9-14-10-25-16(22-14)12(2)3)21-11-18(5,23)15-8-7-13(4)24-15/h7-8,10,12,23H,6,9,11H2,1-5H3,(H2,19,20,21). The SMILES string of the molecule is CCNC(=NCc1csc(C(C)C)n1)NCC(C)(O)c1ccc(C)o1. The largest absolute Gasteiger partial charge is 0.463 e. The highest BCUT2D eigenvalue weighted by molar-refractivity contribution is 7.09. The summed E-state index contributed by atoms with van der Waals surface area (Å²) in [4.78, 5) is 9.15. The summed E-state index contributed by atoms with van der Waals surface area (Å²) in [5.74, 6) is 2.39. The van der Waals surface area contributed by atoms with Gasteiger partial charge in [0.25, 0.3) is 0 Å². The number of furan rings is 1. The van der Waals surface area contributed by atoms with Crippen molar-refractivity contribution in [3.63, 3.8) is 0 Å². The maximum absolute atomic E-state index is 10.6. The normalized spacial score (nSPS) is 14.6. The maximum atomic E-state index is 10.6. The van der Waals surface area contributed by atoms with Gasteiger partial charge in [-0.3, -0.25) is 0 Å². The molecule has 0 aliphatic rings. The van der Waals surface area contributed by atoms with E-state index < -0.39 is 5.60 Å². The minimum Gasteiger partial charge on any atom is -0.463 e. The zero-order chi connectivity index (χ0) is 18.4. The smallest absolute Gasteiger partial charge is 0.191 e. The van der Waals surface area contributed by atoms with Gasteiger partial charge in [0.15, 0.2) is 5.96 Å². The first kappa shape index (κ1) is 19.5. The Morgan fingerprint density at radius 3 is 2.72 bits per heavy atom. The number of nitrogens with one attached hydrogen (secondary N) is 2. The van der Waals surface area contributed by atoms with Crippen LogP contribution in [0.25, 0.3) is 0 Å². The summed E-state index contributed by atoms with van der Waals surface area (Å²) < 4.78 is 5.54. The van der Waals surface area contributed by atoms with Gasteiger partial charge in [-0.1, -0.05) is 13.8 Å². The molecule has 1 atom stereocenters. The van der Waals surface area contributed by atoms with E-state index in [0.717, 1.165) is 23.0 Å². The number of guanidine groups is 1. The highest BCUT2D eigenvalue weighted by atomic mass is 32.1. The fourth-order valence-electron chi connectivity index (χ4n) is 2.23. The number of aromatic nitrogens is 1. The van der Waals surface area contributed by atoms with Crippen molar-refractivity contribution in [1.29, 1.82) is 0 Å². The van der Waals surface area contributed by atoms with Crippen LogP contribution in [0.4, 0.5) is 0 Å². The number of hydrogen-bond acceptors (Lipinski definition) is 5. The molecule has 2 aromatic rings. The Bertz CT molecular complexity index is 704. The van der Waals surface area contributed by atoms with Gasteiger partial charge < -0.3 is 20.2 Å². The predicted octanol–water partition coefficient (Wildman–Crippen LogP) is 3.13. The summed E-state index contributed by atoms with van der Waals surface area (Å²) in [6, 6.07) is 3.64. The van der Waals surface area contributed by atoms with Gasteiger partial charge in [0.2, 0.25) is 0 Å². The summed E-state index contributed by atoms with van der Waals surface area (Å²) >= 11 is 1.67. The molecule has 0 saturated carbocycles. The van der Waals surface area contributed by atoms with Crippen molar-refractivity contribution < 1.29 is 9.52 Å². The number of rotatable bonds is 7. The highest BCUT2D eigenvalue weighted by Gasteiger charge is 2.27. The Morgan fingerprint density at radius 2 is 2.16 bits per heavy atom. The molecule has 0 saturated heterocycles. The molecule has 25 heavy (non-hydrogen) atoms. The van der Waals surface area contributed by atoms with Crippen molar-refractivity contribution in [2.24, 2.45) is 4.99 Å². The molecule has 0 bridgehead atoms. The van der Waals surface area contributed by atoms with Crippen molar-refractivity contribution >= 4 is 17.3 Å². The molecule has 3 N–H and O–H groups in total. The number of hydrogen-bond donors (Lipinski definition) is 3. The van der Waals surface area contributed by atoms with Crippen molar-refractivity contribution in [2.45, 2.75) is 52.7 Å². The lowest BCUT2D eigenvalue weighted by molar-refractivity contribution is 0.0378. The Morgan fingerprint density at radius 1 is 1.40 bits per heavy atom. The number of thiazole rings is 1. The zero-order valence-electron chi connectivity index (χ0n) is 15.6. The fourth-order valence-corrected chi connectivity index (χ4v) is 3.06. The maximum Gasteiger partial charge on any atom is 0.191 e. The van der Waals surface area contributed by atoms with Crippen LogP contribution >= 0.6 is 11.3 Å². The molecule has 0 amide bonds. The van der Waals surface area contributed by atoms with Crippen LogP contribution in [0.1, 0.15) is 55.8 Å². The first-order valence-corrected chi connectivity index (χ1v) is 9.45. The topological polar surface area (TPSA) is 82.7 Å². The Kier molecular flexibility index (Phi) is 6.61. The average Bonchev–Trinajstić information content (AvgIpc) is 3.19. The van der Waals surface area contributed by atoms with Crippen molar-refractivity contribution in [3.05, 3.63) is 39.7 Å². The molecule has 1 unspecified atom stereocenters. The third-order valence-electron chi connectivity index (χ3n) is 3.68. The van der Waals surface area contributed by atoms with Gasteiger partial charge in [-0.2, -0.15) is 0 Å². The summed E-state index contributed by atoms with van der Waals surface area (Å²) in [7, 11) is 0. The first-order valence-electron chi connectivity index (χ1n) is 8.57. The molecule has 2 rings (SSSR count). The number of aliphatic imine (C=N–C) groups is 1. The molecule has 2 heterocycles. The van der Waals surface area contributed by atoms with E-state index in [9.17, 15) is 5.11 Å². The van der Waals surface area contributed by atoms with Crippen LogP contribution in [0.2, 0.25) is 0 Å². The van der Waals surface area contributed by atoms with Gasteiger partial charge >= 0.3 is 0 Å². The minimum atomic E-state index is -1.12. The lowest BCUT2D eigenvalue weighted by Gasteiger charge is -2.22. The van der Waals surface area contributed by atoms with Crippen LogP contribution in [-0.4, -0.2) is 29.1 Å². The molecule has 0 aliphatic heterocycles. The lowest BCUT2D eigenvalue weighted by atomic mass is 10.0. The first-order chi connectivity index (χ1) is 11.8. The second-order valence-electron chi connectivity index (χ2n) is 6.56. The molecule has 0 fully saturated rings. The Labute approximate surface area is 153 Å². The molecule has 6 nitrogen and oxygen atoms in total. The van der Waals surface area contributed by atoms with E-state index in [4.69, 9.17) is 4.42 Å². The number of aryl methyl sites for hydroxylation is 1. The van der Waals surface area contributed by atoms with Gasteiger partial charge in [-0.05, 0) is 32.9 Å². The van der Waals surface area contributed by atoms with E-state index in [1.807, 2.05) is 25.3 Å². The minimum absolute atomic E-state index is 0.292. The van der Waals surface area contributed by atoms with Crippen molar-refractivity contribution in [1.82, 2.24) is 15.6 Å². The number of nitrogens with zero attached hydrogens (tertiary/aromatic N) is 2. The lowest BCUT2D eigenvalue weighted by Crippen LogP contribution is -2.44. The molecule has 0 aromatic carbocycles. The molecular formula is C18H28N4O2S. The summed E-state index contributed by atoms with van der Waals surface area (Å²) in [5.41, 5.74) is -0.157. The zero-order valence-corrected chi connectivity index (χ0v) is 16.4. The van der Waals surface area contributed by atoms with Gasteiger partial charge in [0.1, 0.15) is 17.1 Å². The van der Waals surface area contributed by atoms with Crippen molar-refractivity contribution in [2.75, 3.05) is 13.1 Å². The van der Waals surface area contributed by atoms with Crippen LogP contribution in [-0.2, 0) is 12.1 Å². The Balaban J connectivity index is 1.99. The van der Waals surface area contributed by atoms with Gasteiger partial charge in [-0.25, -0.2) is 9.98 Å². The van der Waals surface area contributed by atoms with Gasteiger partial charge in [0, 0.05) is 17.8 Å². The van der Waals surface area contributed by atoms with Crippen LogP contribution < -0.4 is 10.6 Å². The molecule has 0 spiro atoms. The second kappa shape index (κ2) is 8.49. The van der Waals surface area contributed by atoms with Crippen LogP contribution in [0.5, 0.6) is 0 Å². The Hall–Kier alpha value is -1.86. The van der Waals surface area contributed by atoms with E-state index >= 15 is 0 Å². The monoisotopic (exact) mass is 364 g/mol. The fraction of sp³-hybridized carbons (Fsp3) is 0.556. The molecule has 138 valence electrons. The van der Waals surface area contributed by atoms with Crippen LogP contribution in [0.15, 0.2) is 26.9 Å². The third-order valence-corrected chi connectivity index (χ3v) is 4.87. The van der Waals surface area contributed by atoms with E-state index in [2.05, 4.69) is 34.5 Å². The summed E-state index contributed by atoms with van der Waals surface area (Å²) in [6.07, 6.45) is 0. The molecule has 7 heteroatoms. The molecule has 0 radical (unpaired) electrons. The van der Waals surface area contributed by atoms with Gasteiger partial charge in [-0.15, -0.1) is 11.3 Å². The van der Waals surface area contributed by atoms with Crippen LogP contribution in [0, 0.1) is 6.92 Å². The number of aliphatic hydroxyl groups is 1. The van der Waals surface area contributed by atoms with E-state index in [-0.39, 0.29) is 0 Å². The molecular weight excluding hydrogens is 336 g/mol. The van der Waals surface area contributed by atoms with Crippen molar-refractivity contribution in [3.8, 4) is 0 Å². The highest BCUT2D eigenvalue weighted by Crippen LogP contribution is 2.22. The van der Waals surface area contributed by atoms with E-state index in [1.165, 1.54) is 0 Å².